The lowest BCUT2D eigenvalue weighted by Crippen LogP contribution is -2.15. The molecule has 4 N–H and O–H groups in total. The number of anilines is 1. The average Bonchev–Trinajstić information content (AvgIpc) is 3.41. The molecule has 0 unspecified atom stereocenters. The summed E-state index contributed by atoms with van der Waals surface area (Å²) in [6, 6.07) is 17.9. The van der Waals surface area contributed by atoms with Crippen molar-refractivity contribution < 1.29 is 43.6 Å². The van der Waals surface area contributed by atoms with E-state index < -0.39 is 12.1 Å². The summed E-state index contributed by atoms with van der Waals surface area (Å²) in [5.41, 5.74) is 0.624. The van der Waals surface area contributed by atoms with Crippen molar-refractivity contribution in [3.8, 4) is 17.2 Å². The van der Waals surface area contributed by atoms with Crippen molar-refractivity contribution in [2.75, 3.05) is 18.5 Å². The molecule has 1 heterocycles. The molecule has 5 aromatic rings. The van der Waals surface area contributed by atoms with Crippen LogP contribution in [0.15, 0.2) is 84.6 Å². The lowest BCUT2D eigenvalue weighted by molar-refractivity contribution is 0.0494. The number of hydrogen-bond acceptors (Lipinski definition) is 9. The second-order valence-corrected chi connectivity index (χ2v) is 13.5. The largest absolute Gasteiger partial charge is 0.506 e. The Bertz CT molecular complexity index is 1940. The third kappa shape index (κ3) is 13.2. The Kier molecular flexibility index (Phi) is 18.3. The minimum atomic E-state index is -0.702. The Morgan fingerprint density at radius 3 is 1.88 bits per heavy atom. The normalized spacial score (nSPS) is 9.94. The number of esters is 1. The van der Waals surface area contributed by atoms with Crippen LogP contribution < -0.4 is 5.32 Å². The SMILES string of the molecule is CCOC(=O)Nc1c(C(=O)OCC)oc2c(Cl)cc(Br)cc12.O=Cc1cc(Br)cc(Cl)c1O.Oc1ccc(Br)cc1Cl.Oc1ccccc1Cl. The number of nitrogens with one attached hydrogen (secondary N) is 1. The number of furan rings is 1. The van der Waals surface area contributed by atoms with Gasteiger partial charge in [-0.15, -0.1) is 0 Å². The van der Waals surface area contributed by atoms with Crippen molar-refractivity contribution in [2.45, 2.75) is 13.8 Å². The molecule has 4 aromatic carbocycles. The number of phenols is 3. The van der Waals surface area contributed by atoms with Gasteiger partial charge in [0, 0.05) is 18.8 Å². The molecule has 0 aliphatic heterocycles. The number of carbonyl (C=O) groups is 3. The van der Waals surface area contributed by atoms with E-state index in [1.165, 1.54) is 18.2 Å². The zero-order chi connectivity index (χ0) is 37.5. The number of fused-ring (bicyclic) bond motifs is 1. The molecule has 0 radical (unpaired) electrons. The summed E-state index contributed by atoms with van der Waals surface area (Å²) in [6.45, 7) is 3.71. The summed E-state index contributed by atoms with van der Waals surface area (Å²) >= 11 is 32.3. The maximum absolute atomic E-state index is 12.0. The van der Waals surface area contributed by atoms with Gasteiger partial charge in [0.05, 0.1) is 38.9 Å². The summed E-state index contributed by atoms with van der Waals surface area (Å²) < 4.78 is 17.5. The van der Waals surface area contributed by atoms with Crippen LogP contribution in [-0.4, -0.2) is 46.9 Å². The fourth-order valence-electron chi connectivity index (χ4n) is 3.47. The number of aromatic hydroxyl groups is 3. The van der Waals surface area contributed by atoms with Gasteiger partial charge in [-0.1, -0.05) is 106 Å². The molecule has 0 spiro atoms. The van der Waals surface area contributed by atoms with E-state index in [1.807, 2.05) is 0 Å². The first-order valence-corrected chi connectivity index (χ1v) is 17.8. The molecule has 0 saturated carbocycles. The molecular formula is C33H26Br3Cl4NO9. The van der Waals surface area contributed by atoms with Crippen LogP contribution in [0.4, 0.5) is 10.5 Å². The number of amides is 1. The van der Waals surface area contributed by atoms with E-state index in [4.69, 9.17) is 75.6 Å². The average molecular weight is 962 g/mol. The topological polar surface area (TPSA) is 156 Å². The molecule has 5 rings (SSSR count). The standard InChI is InChI=1S/C14H13BrClNO5.C7H4BrClO2.C6H4BrClO.C6H5ClO/c1-3-20-13(18)12-10(17-14(19)21-4-2)8-5-7(15)6-9(16)11(8)22-12;8-5-1-4(3-10)7(11)6(9)2-5;7-4-1-2-6(9)5(8)3-4;7-5-3-1-2-4-6(5)8/h5-6H,3-4H2,1-2H3,(H,17,19);1-3,11H;1-3,9H;1-4,8H. The lowest BCUT2D eigenvalue weighted by Gasteiger charge is -2.05. The van der Waals surface area contributed by atoms with Crippen LogP contribution in [0.1, 0.15) is 34.8 Å². The Balaban J connectivity index is 0.000000257. The van der Waals surface area contributed by atoms with Crippen LogP contribution in [0.25, 0.3) is 11.0 Å². The molecule has 17 heteroatoms. The van der Waals surface area contributed by atoms with Gasteiger partial charge >= 0.3 is 12.1 Å². The first-order valence-electron chi connectivity index (χ1n) is 13.9. The summed E-state index contributed by atoms with van der Waals surface area (Å²) in [6.07, 6.45) is -0.154. The maximum Gasteiger partial charge on any atom is 0.411 e. The van der Waals surface area contributed by atoms with Crippen LogP contribution in [-0.2, 0) is 9.47 Å². The Labute approximate surface area is 331 Å². The van der Waals surface area contributed by atoms with E-state index in [-0.39, 0.29) is 58.1 Å². The van der Waals surface area contributed by atoms with Crippen molar-refractivity contribution in [3.63, 3.8) is 0 Å². The van der Waals surface area contributed by atoms with E-state index in [0.717, 1.165) is 4.47 Å². The highest BCUT2D eigenvalue weighted by atomic mass is 79.9. The van der Waals surface area contributed by atoms with Gasteiger partial charge in [0.2, 0.25) is 5.76 Å². The zero-order valence-electron chi connectivity index (χ0n) is 25.8. The van der Waals surface area contributed by atoms with Crippen molar-refractivity contribution in [2.24, 2.45) is 0 Å². The minimum absolute atomic E-state index is 0.111. The molecule has 1 aromatic heterocycles. The molecule has 10 nitrogen and oxygen atoms in total. The molecule has 50 heavy (non-hydrogen) atoms. The number of carbonyl (C=O) groups excluding carboxylic acids is 3. The predicted octanol–water partition coefficient (Wildman–Crippen LogP) is 12.1. The number of benzene rings is 4. The number of ether oxygens (including phenoxy) is 2. The number of rotatable bonds is 5. The summed E-state index contributed by atoms with van der Waals surface area (Å²) in [7, 11) is 0. The van der Waals surface area contributed by atoms with Crippen molar-refractivity contribution in [1.82, 2.24) is 0 Å². The highest BCUT2D eigenvalue weighted by Crippen LogP contribution is 2.38. The third-order valence-electron chi connectivity index (χ3n) is 5.62. The van der Waals surface area contributed by atoms with Gasteiger partial charge in [-0.05, 0) is 68.4 Å². The van der Waals surface area contributed by atoms with Crippen molar-refractivity contribution >= 4 is 129 Å². The van der Waals surface area contributed by atoms with Crippen LogP contribution in [0.5, 0.6) is 17.2 Å². The third-order valence-corrected chi connectivity index (χ3v) is 8.22. The van der Waals surface area contributed by atoms with Crippen LogP contribution in [0.3, 0.4) is 0 Å². The van der Waals surface area contributed by atoms with Crippen molar-refractivity contribution in [1.29, 1.82) is 0 Å². The molecular weight excluding hydrogens is 936 g/mol. The van der Waals surface area contributed by atoms with Gasteiger partial charge in [0.15, 0.2) is 11.9 Å². The summed E-state index contributed by atoms with van der Waals surface area (Å²) in [5.74, 6) is -0.763. The molecule has 0 bridgehead atoms. The number of aldehydes is 1. The van der Waals surface area contributed by atoms with E-state index in [1.54, 1.807) is 62.4 Å². The monoisotopic (exact) mass is 957 g/mol. The minimum Gasteiger partial charge on any atom is -0.506 e. The first kappa shape index (κ1) is 43.0. The van der Waals surface area contributed by atoms with Gasteiger partial charge < -0.3 is 29.2 Å². The highest BCUT2D eigenvalue weighted by Gasteiger charge is 2.25. The molecule has 0 saturated heterocycles. The predicted molar refractivity (Wildman–Crippen MR) is 206 cm³/mol. The Morgan fingerprint density at radius 2 is 1.34 bits per heavy atom. The van der Waals surface area contributed by atoms with Gasteiger partial charge in [-0.25, -0.2) is 9.59 Å². The van der Waals surface area contributed by atoms with Crippen molar-refractivity contribution in [3.05, 3.63) is 112 Å². The maximum atomic E-state index is 12.0. The number of hydrogen-bond donors (Lipinski definition) is 4. The first-order chi connectivity index (χ1) is 23.6. The molecule has 0 atom stereocenters. The number of phenolic OH excluding ortho intramolecular Hbond substituents is 3. The van der Waals surface area contributed by atoms with E-state index in [2.05, 4.69) is 53.1 Å². The molecule has 0 fully saturated rings. The van der Waals surface area contributed by atoms with E-state index >= 15 is 0 Å². The van der Waals surface area contributed by atoms with Gasteiger partial charge in [-0.3, -0.25) is 10.1 Å². The van der Waals surface area contributed by atoms with E-state index in [0.29, 0.717) is 35.7 Å². The lowest BCUT2D eigenvalue weighted by atomic mass is 10.2. The molecule has 266 valence electrons. The number of para-hydroxylation sites is 1. The van der Waals surface area contributed by atoms with Crippen LogP contribution >= 0.6 is 94.2 Å². The molecule has 0 aliphatic rings. The summed E-state index contributed by atoms with van der Waals surface area (Å²) in [5, 5.41) is 31.0. The fourth-order valence-corrected chi connectivity index (χ4v) is 5.96. The van der Waals surface area contributed by atoms with E-state index in [9.17, 15) is 14.4 Å². The fraction of sp³-hybridized carbons (Fsp3) is 0.121. The summed E-state index contributed by atoms with van der Waals surface area (Å²) in [4.78, 5) is 34.0. The second kappa shape index (κ2) is 21.3. The van der Waals surface area contributed by atoms with Gasteiger partial charge in [0.1, 0.15) is 22.9 Å². The smallest absolute Gasteiger partial charge is 0.411 e. The molecule has 1 amide bonds. The quantitative estimate of drug-likeness (QED) is 0.0995. The second-order valence-electron chi connectivity index (χ2n) is 9.13. The van der Waals surface area contributed by atoms with Gasteiger partial charge in [0.25, 0.3) is 0 Å². The Hall–Kier alpha value is -3.17. The molecule has 0 aliphatic carbocycles. The zero-order valence-corrected chi connectivity index (χ0v) is 33.6. The van der Waals surface area contributed by atoms with Crippen LogP contribution in [0.2, 0.25) is 20.1 Å². The Morgan fingerprint density at radius 1 is 0.760 bits per heavy atom. The highest BCUT2D eigenvalue weighted by molar-refractivity contribution is 9.11. The van der Waals surface area contributed by atoms with Crippen LogP contribution in [0, 0.1) is 0 Å². The number of halogens is 7. The van der Waals surface area contributed by atoms with Gasteiger partial charge in [-0.2, -0.15) is 0 Å².